The van der Waals surface area contributed by atoms with Crippen molar-refractivity contribution < 1.29 is 9.53 Å². The van der Waals surface area contributed by atoms with Crippen LogP contribution in [0.2, 0.25) is 0 Å². The van der Waals surface area contributed by atoms with E-state index < -0.39 is 0 Å². The summed E-state index contributed by atoms with van der Waals surface area (Å²) in [4.78, 5) is 10.8. The Bertz CT molecular complexity index is 365. The molecule has 0 aliphatic carbocycles. The maximum atomic E-state index is 10.8. The third-order valence-electron chi connectivity index (χ3n) is 1.94. The highest BCUT2D eigenvalue weighted by atomic mass is 16.5. The fourth-order valence-corrected chi connectivity index (χ4v) is 1.29. The van der Waals surface area contributed by atoms with Gasteiger partial charge in [0, 0.05) is 5.56 Å². The van der Waals surface area contributed by atoms with Crippen molar-refractivity contribution in [2.45, 2.75) is 13.8 Å². The summed E-state index contributed by atoms with van der Waals surface area (Å²) >= 11 is 0. The first-order valence-electron chi connectivity index (χ1n) is 4.47. The second kappa shape index (κ2) is 4.61. The zero-order valence-corrected chi connectivity index (χ0v) is 8.70. The van der Waals surface area contributed by atoms with Crippen LogP contribution in [-0.2, 0) is 4.79 Å². The molecule has 0 amide bonds. The lowest BCUT2D eigenvalue weighted by molar-refractivity contribution is -0.112. The maximum absolute atomic E-state index is 10.8. The highest BCUT2D eigenvalue weighted by Gasteiger charge is 2.01. The number of allylic oxidation sites excluding steroid dienone is 1. The molecule has 74 valence electrons. The highest BCUT2D eigenvalue weighted by Crippen LogP contribution is 2.23. The molecule has 1 rings (SSSR count). The van der Waals surface area contributed by atoms with Gasteiger partial charge in [-0.15, -0.1) is 0 Å². The SMILES string of the molecule is COc1c(C)cccc1/C=C/C(C)=O. The van der Waals surface area contributed by atoms with E-state index in [4.69, 9.17) is 4.74 Å². The average molecular weight is 190 g/mol. The molecule has 1 aromatic carbocycles. The van der Waals surface area contributed by atoms with Gasteiger partial charge < -0.3 is 4.74 Å². The van der Waals surface area contributed by atoms with Crippen molar-refractivity contribution in [1.82, 2.24) is 0 Å². The summed E-state index contributed by atoms with van der Waals surface area (Å²) in [6.07, 6.45) is 3.31. The molecule has 2 heteroatoms. The third kappa shape index (κ3) is 2.46. The summed E-state index contributed by atoms with van der Waals surface area (Å²) in [5.74, 6) is 0.860. The average Bonchev–Trinajstić information content (AvgIpc) is 2.14. The van der Waals surface area contributed by atoms with Crippen LogP contribution in [0.25, 0.3) is 6.08 Å². The summed E-state index contributed by atoms with van der Waals surface area (Å²) < 4.78 is 5.25. The van der Waals surface area contributed by atoms with Crippen LogP contribution in [0.5, 0.6) is 5.75 Å². The molecule has 0 saturated heterocycles. The molecule has 0 spiro atoms. The molecule has 0 aliphatic rings. The first-order chi connectivity index (χ1) is 6.65. The first-order valence-corrected chi connectivity index (χ1v) is 4.47. The van der Waals surface area contributed by atoms with Gasteiger partial charge in [0.25, 0.3) is 0 Å². The van der Waals surface area contributed by atoms with E-state index in [-0.39, 0.29) is 5.78 Å². The van der Waals surface area contributed by atoms with Crippen molar-refractivity contribution in [1.29, 1.82) is 0 Å². The van der Waals surface area contributed by atoms with Crippen LogP contribution in [0.4, 0.5) is 0 Å². The Balaban J connectivity index is 3.08. The number of para-hydroxylation sites is 1. The number of carbonyl (C=O) groups is 1. The van der Waals surface area contributed by atoms with Crippen LogP contribution in [0, 0.1) is 6.92 Å². The minimum Gasteiger partial charge on any atom is -0.496 e. The van der Waals surface area contributed by atoms with Crippen molar-refractivity contribution >= 4 is 11.9 Å². The number of ketones is 1. The molecule has 0 fully saturated rings. The summed E-state index contributed by atoms with van der Waals surface area (Å²) in [6.45, 7) is 3.50. The minimum atomic E-state index is 0.0357. The van der Waals surface area contributed by atoms with Crippen molar-refractivity contribution in [3.8, 4) is 5.75 Å². The fourth-order valence-electron chi connectivity index (χ4n) is 1.29. The largest absolute Gasteiger partial charge is 0.496 e. The molecule has 0 radical (unpaired) electrons. The summed E-state index contributed by atoms with van der Waals surface area (Å²) in [5, 5.41) is 0. The van der Waals surface area contributed by atoms with E-state index in [1.807, 2.05) is 25.1 Å². The molecule has 0 atom stereocenters. The second-order valence-corrected chi connectivity index (χ2v) is 3.14. The Kier molecular flexibility index (Phi) is 3.46. The highest BCUT2D eigenvalue weighted by molar-refractivity contribution is 5.91. The van der Waals surface area contributed by atoms with Crippen LogP contribution >= 0.6 is 0 Å². The molecule has 0 N–H and O–H groups in total. The fraction of sp³-hybridized carbons (Fsp3) is 0.250. The topological polar surface area (TPSA) is 26.3 Å². The van der Waals surface area contributed by atoms with Crippen molar-refractivity contribution in [2.75, 3.05) is 7.11 Å². The standard InChI is InChI=1S/C12H14O2/c1-9-5-4-6-11(12(9)14-3)8-7-10(2)13/h4-8H,1-3H3/b8-7+. The minimum absolute atomic E-state index is 0.0357. The summed E-state index contributed by atoms with van der Waals surface area (Å²) in [6, 6.07) is 5.84. The predicted octanol–water partition coefficient (Wildman–Crippen LogP) is 2.61. The van der Waals surface area contributed by atoms with Gasteiger partial charge in [-0.3, -0.25) is 4.79 Å². The Hall–Kier alpha value is -1.57. The molecule has 0 unspecified atom stereocenters. The van der Waals surface area contributed by atoms with Gasteiger partial charge in [-0.25, -0.2) is 0 Å². The molecule has 2 nitrogen and oxygen atoms in total. The first kappa shape index (κ1) is 10.5. The molecule has 1 aromatic rings. The van der Waals surface area contributed by atoms with E-state index in [9.17, 15) is 4.79 Å². The lowest BCUT2D eigenvalue weighted by Gasteiger charge is -2.07. The van der Waals surface area contributed by atoms with Gasteiger partial charge in [-0.2, -0.15) is 0 Å². The van der Waals surface area contributed by atoms with Crippen LogP contribution in [0.1, 0.15) is 18.1 Å². The lowest BCUT2D eigenvalue weighted by Crippen LogP contribution is -1.90. The van der Waals surface area contributed by atoms with Gasteiger partial charge in [0.05, 0.1) is 7.11 Å². The van der Waals surface area contributed by atoms with Gasteiger partial charge in [0.1, 0.15) is 5.75 Å². The van der Waals surface area contributed by atoms with E-state index in [1.165, 1.54) is 13.0 Å². The van der Waals surface area contributed by atoms with Crippen LogP contribution in [0.15, 0.2) is 24.3 Å². The lowest BCUT2D eigenvalue weighted by atomic mass is 10.1. The quantitative estimate of drug-likeness (QED) is 0.685. The number of benzene rings is 1. The number of hydrogen-bond donors (Lipinski definition) is 0. The van der Waals surface area contributed by atoms with Crippen LogP contribution in [0.3, 0.4) is 0 Å². The number of rotatable bonds is 3. The normalized spacial score (nSPS) is 10.5. The number of aryl methyl sites for hydroxylation is 1. The second-order valence-electron chi connectivity index (χ2n) is 3.14. The molecule has 14 heavy (non-hydrogen) atoms. The Labute approximate surface area is 84.2 Å². The van der Waals surface area contributed by atoms with Gasteiger partial charge >= 0.3 is 0 Å². The Morgan fingerprint density at radius 2 is 2.14 bits per heavy atom. The van der Waals surface area contributed by atoms with Crippen LogP contribution in [-0.4, -0.2) is 12.9 Å². The number of ether oxygens (including phenoxy) is 1. The van der Waals surface area contributed by atoms with E-state index in [0.717, 1.165) is 16.9 Å². The molecule has 0 aromatic heterocycles. The van der Waals surface area contributed by atoms with E-state index in [1.54, 1.807) is 13.2 Å². The molecular formula is C12H14O2. The zero-order valence-electron chi connectivity index (χ0n) is 8.70. The molecule has 0 saturated carbocycles. The molecule has 0 aliphatic heterocycles. The molecule has 0 bridgehead atoms. The number of carbonyl (C=O) groups excluding carboxylic acids is 1. The van der Waals surface area contributed by atoms with E-state index in [2.05, 4.69) is 0 Å². The van der Waals surface area contributed by atoms with Gasteiger partial charge in [-0.1, -0.05) is 18.2 Å². The number of methoxy groups -OCH3 is 1. The Morgan fingerprint density at radius 1 is 1.43 bits per heavy atom. The van der Waals surface area contributed by atoms with Crippen molar-refractivity contribution in [3.05, 3.63) is 35.4 Å². The van der Waals surface area contributed by atoms with Crippen molar-refractivity contribution in [3.63, 3.8) is 0 Å². The predicted molar refractivity (Wildman–Crippen MR) is 57.4 cm³/mol. The smallest absolute Gasteiger partial charge is 0.152 e. The molecule has 0 heterocycles. The summed E-state index contributed by atoms with van der Waals surface area (Å²) in [5.41, 5.74) is 2.00. The van der Waals surface area contributed by atoms with Gasteiger partial charge in [0.2, 0.25) is 0 Å². The Morgan fingerprint density at radius 3 is 2.71 bits per heavy atom. The van der Waals surface area contributed by atoms with Gasteiger partial charge in [-0.05, 0) is 31.6 Å². The van der Waals surface area contributed by atoms with E-state index in [0.29, 0.717) is 0 Å². The maximum Gasteiger partial charge on any atom is 0.152 e. The van der Waals surface area contributed by atoms with Crippen molar-refractivity contribution in [2.24, 2.45) is 0 Å². The third-order valence-corrected chi connectivity index (χ3v) is 1.94. The van der Waals surface area contributed by atoms with Gasteiger partial charge in [0.15, 0.2) is 5.78 Å². The molecular weight excluding hydrogens is 176 g/mol. The van der Waals surface area contributed by atoms with E-state index >= 15 is 0 Å². The zero-order chi connectivity index (χ0) is 10.6. The summed E-state index contributed by atoms with van der Waals surface area (Å²) in [7, 11) is 1.63. The van der Waals surface area contributed by atoms with Crippen LogP contribution < -0.4 is 4.74 Å². The number of hydrogen-bond acceptors (Lipinski definition) is 2. The monoisotopic (exact) mass is 190 g/mol.